The summed E-state index contributed by atoms with van der Waals surface area (Å²) in [5.74, 6) is 0.919. The molecule has 4 aromatic rings. The third kappa shape index (κ3) is 4.62. The number of hydrogen-bond donors (Lipinski definition) is 1. The van der Waals surface area contributed by atoms with Crippen molar-refractivity contribution in [3.8, 4) is 0 Å². The highest BCUT2D eigenvalue weighted by Gasteiger charge is 2.22. The molecule has 0 amide bonds. The summed E-state index contributed by atoms with van der Waals surface area (Å²) in [4.78, 5) is 13.8. The Morgan fingerprint density at radius 1 is 0.909 bits per heavy atom. The lowest BCUT2D eigenvalue weighted by atomic mass is 10.1. The molecule has 1 aliphatic rings. The van der Waals surface area contributed by atoms with Gasteiger partial charge >= 0.3 is 0 Å². The Labute approximate surface area is 202 Å². The van der Waals surface area contributed by atoms with Crippen molar-refractivity contribution in [1.82, 2.24) is 19.7 Å². The third-order valence-corrected chi connectivity index (χ3v) is 6.74. The predicted molar refractivity (Wildman–Crippen MR) is 134 cm³/mol. The summed E-state index contributed by atoms with van der Waals surface area (Å²) < 4.78 is 1.85. The van der Waals surface area contributed by atoms with E-state index in [2.05, 4.69) is 49.1 Å². The Balaban J connectivity index is 1.30. The first-order valence-corrected chi connectivity index (χ1v) is 11.8. The summed E-state index contributed by atoms with van der Waals surface area (Å²) >= 11 is 12.7. The van der Waals surface area contributed by atoms with E-state index in [0.29, 0.717) is 18.1 Å². The predicted octanol–water partition coefficient (Wildman–Crippen LogP) is 4.25. The topological polar surface area (TPSA) is 76.1 Å². The van der Waals surface area contributed by atoms with E-state index >= 15 is 0 Å². The molecule has 9 heteroatoms. The van der Waals surface area contributed by atoms with Gasteiger partial charge in [0.1, 0.15) is 12.1 Å². The molecule has 3 heterocycles. The molecule has 33 heavy (non-hydrogen) atoms. The van der Waals surface area contributed by atoms with Crippen molar-refractivity contribution in [2.24, 2.45) is 5.73 Å². The second-order valence-corrected chi connectivity index (χ2v) is 9.09. The van der Waals surface area contributed by atoms with Gasteiger partial charge in [0.2, 0.25) is 0 Å². The summed E-state index contributed by atoms with van der Waals surface area (Å²) in [6.07, 6.45) is 3.45. The summed E-state index contributed by atoms with van der Waals surface area (Å²) in [7, 11) is 0. The van der Waals surface area contributed by atoms with Crippen LogP contribution in [0, 0.1) is 0 Å². The van der Waals surface area contributed by atoms with E-state index in [4.69, 9.17) is 28.9 Å². The van der Waals surface area contributed by atoms with Crippen LogP contribution in [0.15, 0.2) is 61.1 Å². The normalized spacial score (nSPS) is 15.2. The van der Waals surface area contributed by atoms with Crippen LogP contribution in [0.5, 0.6) is 0 Å². The van der Waals surface area contributed by atoms with Crippen molar-refractivity contribution in [2.45, 2.75) is 18.5 Å². The molecule has 0 spiro atoms. The molecule has 0 saturated carbocycles. The molecule has 1 saturated heterocycles. The fraction of sp³-hybridized carbons (Fsp3) is 0.292. The van der Waals surface area contributed by atoms with Crippen LogP contribution < -0.4 is 15.5 Å². The van der Waals surface area contributed by atoms with Crippen molar-refractivity contribution in [3.05, 3.63) is 77.2 Å². The number of anilines is 2. The van der Waals surface area contributed by atoms with E-state index in [0.717, 1.165) is 54.2 Å². The molecule has 0 aliphatic carbocycles. The van der Waals surface area contributed by atoms with Crippen LogP contribution in [0.3, 0.4) is 0 Å². The fourth-order valence-electron chi connectivity index (χ4n) is 4.21. The maximum absolute atomic E-state index is 6.66. The maximum atomic E-state index is 6.66. The molecule has 7 nitrogen and oxygen atoms in total. The van der Waals surface area contributed by atoms with Gasteiger partial charge in [0.15, 0.2) is 5.65 Å². The third-order valence-electron chi connectivity index (χ3n) is 6.09. The van der Waals surface area contributed by atoms with Gasteiger partial charge in [-0.05, 0) is 35.4 Å². The molecule has 2 aromatic heterocycles. The Morgan fingerprint density at radius 3 is 2.30 bits per heavy atom. The number of halogens is 2. The zero-order valence-corrected chi connectivity index (χ0v) is 19.6. The second-order valence-electron chi connectivity index (χ2n) is 8.12. The molecular weight excluding hydrogens is 457 g/mol. The minimum absolute atomic E-state index is 0.238. The molecule has 1 atom stereocenters. The Morgan fingerprint density at radius 2 is 1.61 bits per heavy atom. The van der Waals surface area contributed by atoms with Crippen LogP contribution in [0.1, 0.15) is 16.5 Å². The number of hydrogen-bond acceptors (Lipinski definition) is 6. The first-order valence-electron chi connectivity index (χ1n) is 11.0. The lowest BCUT2D eigenvalue weighted by Gasteiger charge is -2.36. The van der Waals surface area contributed by atoms with Gasteiger partial charge in [0.25, 0.3) is 0 Å². The largest absolute Gasteiger partial charge is 0.368 e. The van der Waals surface area contributed by atoms with Crippen molar-refractivity contribution >= 4 is 45.7 Å². The highest BCUT2D eigenvalue weighted by Crippen LogP contribution is 2.28. The quantitative estimate of drug-likeness (QED) is 0.415. The first kappa shape index (κ1) is 21.9. The number of alkyl halides is 1. The monoisotopic (exact) mass is 481 g/mol. The highest BCUT2D eigenvalue weighted by atomic mass is 35.5. The van der Waals surface area contributed by atoms with Gasteiger partial charge in [-0.25, -0.2) is 14.6 Å². The minimum atomic E-state index is -0.238. The fourth-order valence-corrected chi connectivity index (χ4v) is 4.62. The van der Waals surface area contributed by atoms with Gasteiger partial charge in [-0.15, -0.1) is 11.6 Å². The average molecular weight is 482 g/mol. The average Bonchev–Trinajstić information content (AvgIpc) is 3.27. The van der Waals surface area contributed by atoms with Gasteiger partial charge < -0.3 is 15.5 Å². The van der Waals surface area contributed by atoms with E-state index in [1.54, 1.807) is 6.33 Å². The minimum Gasteiger partial charge on any atom is -0.368 e. The number of fused-ring (bicyclic) bond motifs is 1. The van der Waals surface area contributed by atoms with E-state index in [9.17, 15) is 0 Å². The van der Waals surface area contributed by atoms with Crippen LogP contribution in [0.25, 0.3) is 11.0 Å². The summed E-state index contributed by atoms with van der Waals surface area (Å²) in [5, 5.41) is 5.97. The first-order chi connectivity index (χ1) is 16.1. The van der Waals surface area contributed by atoms with Crippen molar-refractivity contribution in [1.29, 1.82) is 0 Å². The van der Waals surface area contributed by atoms with E-state index in [-0.39, 0.29) is 5.38 Å². The zero-order valence-electron chi connectivity index (χ0n) is 18.1. The molecular formula is C24H25Cl2N7. The van der Waals surface area contributed by atoms with Crippen molar-refractivity contribution < 1.29 is 0 Å². The number of nitrogens with zero attached hydrogens (tertiary/aromatic N) is 6. The molecule has 1 unspecified atom stereocenters. The van der Waals surface area contributed by atoms with Crippen molar-refractivity contribution in [2.75, 3.05) is 36.0 Å². The van der Waals surface area contributed by atoms with Crippen LogP contribution in [0.4, 0.5) is 11.5 Å². The van der Waals surface area contributed by atoms with Crippen LogP contribution in [-0.4, -0.2) is 45.9 Å². The summed E-state index contributed by atoms with van der Waals surface area (Å²) in [6.45, 7) is 4.66. The standard InChI is InChI=1S/C24H25Cl2N7/c25-19-5-3-18(4-6-19)22(26)15-33-24-21(14-30-33)23(28-16-29-24)32-11-9-31(10-12-32)20-7-1-17(13-27)2-8-20/h1-8,14,16,22H,9-13,15,27H2. The SMILES string of the molecule is NCc1ccc(N2CCN(c3ncnc4c3cnn4CC(Cl)c3ccc(Cl)cc3)CC2)cc1. The Bertz CT molecular complexity index is 1220. The number of aromatic nitrogens is 4. The van der Waals surface area contributed by atoms with E-state index < -0.39 is 0 Å². The smallest absolute Gasteiger partial charge is 0.163 e. The molecule has 0 radical (unpaired) electrons. The number of nitrogens with two attached hydrogens (primary N) is 1. The van der Waals surface area contributed by atoms with Gasteiger partial charge in [-0.3, -0.25) is 0 Å². The molecule has 1 fully saturated rings. The van der Waals surface area contributed by atoms with Crippen LogP contribution >= 0.6 is 23.2 Å². The van der Waals surface area contributed by atoms with Crippen LogP contribution in [-0.2, 0) is 13.1 Å². The highest BCUT2D eigenvalue weighted by molar-refractivity contribution is 6.30. The summed E-state index contributed by atoms with van der Waals surface area (Å²) in [5.41, 5.74) is 9.88. The Kier molecular flexibility index (Phi) is 6.35. The van der Waals surface area contributed by atoms with Gasteiger partial charge in [0, 0.05) is 43.4 Å². The number of rotatable bonds is 6. The lowest BCUT2D eigenvalue weighted by Crippen LogP contribution is -2.46. The second kappa shape index (κ2) is 9.55. The molecule has 170 valence electrons. The summed E-state index contributed by atoms with van der Waals surface area (Å²) in [6, 6.07) is 16.1. The van der Waals surface area contributed by atoms with Crippen molar-refractivity contribution in [3.63, 3.8) is 0 Å². The van der Waals surface area contributed by atoms with E-state index in [1.165, 1.54) is 5.69 Å². The molecule has 2 aromatic carbocycles. The molecule has 5 rings (SSSR count). The molecule has 1 aliphatic heterocycles. The lowest BCUT2D eigenvalue weighted by molar-refractivity contribution is 0.615. The van der Waals surface area contributed by atoms with E-state index in [1.807, 2.05) is 35.1 Å². The van der Waals surface area contributed by atoms with Crippen LogP contribution in [0.2, 0.25) is 5.02 Å². The Hall–Kier alpha value is -2.87. The maximum Gasteiger partial charge on any atom is 0.163 e. The number of benzene rings is 2. The molecule has 0 bridgehead atoms. The zero-order chi connectivity index (χ0) is 22.8. The van der Waals surface area contributed by atoms with Gasteiger partial charge in [-0.2, -0.15) is 5.10 Å². The number of piperazine rings is 1. The molecule has 2 N–H and O–H groups in total. The van der Waals surface area contributed by atoms with Gasteiger partial charge in [0.05, 0.1) is 23.5 Å². The van der Waals surface area contributed by atoms with Gasteiger partial charge in [-0.1, -0.05) is 35.9 Å².